The van der Waals surface area contributed by atoms with Crippen LogP contribution in [0.15, 0.2) is 35.3 Å². The third-order valence-electron chi connectivity index (χ3n) is 2.97. The van der Waals surface area contributed by atoms with Gasteiger partial charge in [0, 0.05) is 18.7 Å². The largest absolute Gasteiger partial charge is 0.370 e. The van der Waals surface area contributed by atoms with Crippen molar-refractivity contribution >= 4 is 22.8 Å². The molecule has 1 saturated heterocycles. The molecular formula is C14H19N3OS. The first-order chi connectivity index (χ1) is 9.25. The summed E-state index contributed by atoms with van der Waals surface area (Å²) in [6, 6.07) is 10.8. The fourth-order valence-electron chi connectivity index (χ4n) is 1.94. The van der Waals surface area contributed by atoms with Crippen molar-refractivity contribution in [2.24, 2.45) is 10.7 Å². The minimum atomic E-state index is -0.231. The lowest BCUT2D eigenvalue weighted by atomic mass is 10.1. The molecule has 102 valence electrons. The lowest BCUT2D eigenvalue weighted by Crippen LogP contribution is -2.19. The van der Waals surface area contributed by atoms with E-state index in [4.69, 9.17) is 5.73 Å². The molecule has 0 saturated carbocycles. The van der Waals surface area contributed by atoms with Crippen LogP contribution in [0, 0.1) is 0 Å². The maximum absolute atomic E-state index is 10.6. The van der Waals surface area contributed by atoms with Crippen LogP contribution in [0.2, 0.25) is 0 Å². The van der Waals surface area contributed by atoms with Crippen molar-refractivity contribution in [3.8, 4) is 0 Å². The van der Waals surface area contributed by atoms with Crippen molar-refractivity contribution in [3.05, 3.63) is 35.9 Å². The zero-order chi connectivity index (χ0) is 13.5. The van der Waals surface area contributed by atoms with Crippen LogP contribution in [-0.2, 0) is 4.79 Å². The standard InChI is InChI=1S/C14H19N3OS/c15-13(18)8-4-5-9-16-14-17-12(10-19-14)11-6-2-1-3-7-11/h1-3,6-7,12H,4-5,8-10H2,(H2,15,18)(H,16,17). The minimum Gasteiger partial charge on any atom is -0.370 e. The Morgan fingerprint density at radius 1 is 1.37 bits per heavy atom. The van der Waals surface area contributed by atoms with Gasteiger partial charge in [0.1, 0.15) is 0 Å². The highest BCUT2D eigenvalue weighted by Crippen LogP contribution is 2.25. The van der Waals surface area contributed by atoms with Gasteiger partial charge in [-0.1, -0.05) is 42.1 Å². The van der Waals surface area contributed by atoms with Crippen LogP contribution in [0.3, 0.4) is 0 Å². The van der Waals surface area contributed by atoms with Crippen LogP contribution in [0.5, 0.6) is 0 Å². The third kappa shape index (κ3) is 4.59. The molecule has 1 unspecified atom stereocenters. The Morgan fingerprint density at radius 2 is 2.16 bits per heavy atom. The van der Waals surface area contributed by atoms with E-state index >= 15 is 0 Å². The van der Waals surface area contributed by atoms with Gasteiger partial charge in [-0.25, -0.2) is 0 Å². The SMILES string of the molecule is NC(=O)CCCCN=C1NC(c2ccccc2)CS1. The molecule has 0 aromatic heterocycles. The Labute approximate surface area is 117 Å². The molecule has 1 heterocycles. The molecule has 5 heteroatoms. The molecule has 0 aliphatic carbocycles. The molecule has 3 N–H and O–H groups in total. The summed E-state index contributed by atoms with van der Waals surface area (Å²) >= 11 is 1.76. The minimum absolute atomic E-state index is 0.231. The molecule has 1 aliphatic heterocycles. The quantitative estimate of drug-likeness (QED) is 0.782. The average molecular weight is 277 g/mol. The number of aliphatic imine (C=N–C) groups is 1. The summed E-state index contributed by atoms with van der Waals surface area (Å²) in [6.45, 7) is 0.754. The number of amides is 1. The fraction of sp³-hybridized carbons (Fsp3) is 0.429. The van der Waals surface area contributed by atoms with Crippen LogP contribution < -0.4 is 11.1 Å². The van der Waals surface area contributed by atoms with Gasteiger partial charge in [0.15, 0.2) is 5.17 Å². The first-order valence-electron chi connectivity index (χ1n) is 6.53. The van der Waals surface area contributed by atoms with Crippen molar-refractivity contribution in [2.75, 3.05) is 12.3 Å². The molecule has 1 aromatic rings. The smallest absolute Gasteiger partial charge is 0.217 e. The van der Waals surface area contributed by atoms with Crippen molar-refractivity contribution in [2.45, 2.75) is 25.3 Å². The van der Waals surface area contributed by atoms with Gasteiger partial charge < -0.3 is 11.1 Å². The van der Waals surface area contributed by atoms with E-state index in [1.165, 1.54) is 5.56 Å². The summed E-state index contributed by atoms with van der Waals surface area (Å²) in [5.74, 6) is 0.787. The number of primary amides is 1. The van der Waals surface area contributed by atoms with Gasteiger partial charge in [0.05, 0.1) is 6.04 Å². The molecule has 1 atom stereocenters. The molecular weight excluding hydrogens is 258 g/mol. The first kappa shape index (κ1) is 13.9. The summed E-state index contributed by atoms with van der Waals surface area (Å²) in [6.07, 6.45) is 2.18. The molecule has 1 fully saturated rings. The monoisotopic (exact) mass is 277 g/mol. The summed E-state index contributed by atoms with van der Waals surface area (Å²) in [5.41, 5.74) is 6.39. The number of carbonyl (C=O) groups is 1. The zero-order valence-electron chi connectivity index (χ0n) is 10.8. The third-order valence-corrected chi connectivity index (χ3v) is 3.99. The second-order valence-electron chi connectivity index (χ2n) is 4.53. The fourth-order valence-corrected chi connectivity index (χ4v) is 2.95. The van der Waals surface area contributed by atoms with E-state index in [0.717, 1.165) is 30.3 Å². The molecule has 0 bridgehead atoms. The number of hydrogen-bond acceptors (Lipinski definition) is 3. The molecule has 1 aromatic carbocycles. The lowest BCUT2D eigenvalue weighted by Gasteiger charge is -2.09. The van der Waals surface area contributed by atoms with E-state index in [1.54, 1.807) is 11.8 Å². The van der Waals surface area contributed by atoms with E-state index in [0.29, 0.717) is 12.5 Å². The second kappa shape index (κ2) is 7.19. The van der Waals surface area contributed by atoms with E-state index in [-0.39, 0.29) is 5.91 Å². The molecule has 1 amide bonds. The predicted octanol–water partition coefficient (Wildman–Crippen LogP) is 2.08. The van der Waals surface area contributed by atoms with Gasteiger partial charge in [0.25, 0.3) is 0 Å². The highest BCUT2D eigenvalue weighted by Gasteiger charge is 2.21. The highest BCUT2D eigenvalue weighted by atomic mass is 32.2. The molecule has 2 rings (SSSR count). The summed E-state index contributed by atoms with van der Waals surface area (Å²) in [7, 11) is 0. The van der Waals surface area contributed by atoms with Crippen molar-refractivity contribution in [3.63, 3.8) is 0 Å². The summed E-state index contributed by atoms with van der Waals surface area (Å²) in [4.78, 5) is 15.1. The Hall–Kier alpha value is -1.49. The maximum Gasteiger partial charge on any atom is 0.217 e. The van der Waals surface area contributed by atoms with Crippen LogP contribution in [0.1, 0.15) is 30.9 Å². The topological polar surface area (TPSA) is 67.5 Å². The number of unbranched alkanes of at least 4 members (excludes halogenated alkanes) is 1. The van der Waals surface area contributed by atoms with E-state index in [9.17, 15) is 4.79 Å². The van der Waals surface area contributed by atoms with Crippen LogP contribution in [-0.4, -0.2) is 23.4 Å². The van der Waals surface area contributed by atoms with Crippen LogP contribution >= 0.6 is 11.8 Å². The van der Waals surface area contributed by atoms with Crippen molar-refractivity contribution < 1.29 is 4.79 Å². The molecule has 4 nitrogen and oxygen atoms in total. The van der Waals surface area contributed by atoms with Gasteiger partial charge in [0.2, 0.25) is 5.91 Å². The number of benzene rings is 1. The molecule has 0 radical (unpaired) electrons. The number of hydrogen-bond donors (Lipinski definition) is 2. The zero-order valence-corrected chi connectivity index (χ0v) is 11.7. The van der Waals surface area contributed by atoms with Crippen LogP contribution in [0.25, 0.3) is 0 Å². The number of amidine groups is 1. The van der Waals surface area contributed by atoms with E-state index in [2.05, 4.69) is 34.6 Å². The van der Waals surface area contributed by atoms with Gasteiger partial charge in [-0.15, -0.1) is 0 Å². The number of nitrogens with one attached hydrogen (secondary N) is 1. The first-order valence-corrected chi connectivity index (χ1v) is 7.51. The molecule has 19 heavy (non-hydrogen) atoms. The predicted molar refractivity (Wildman–Crippen MR) is 80.1 cm³/mol. The van der Waals surface area contributed by atoms with Crippen molar-refractivity contribution in [1.82, 2.24) is 5.32 Å². The average Bonchev–Trinajstić information content (AvgIpc) is 2.88. The number of nitrogens with two attached hydrogens (primary N) is 1. The normalized spacial score (nSPS) is 20.4. The Kier molecular flexibility index (Phi) is 5.27. The Balaban J connectivity index is 1.74. The Bertz CT molecular complexity index is 447. The Morgan fingerprint density at radius 3 is 2.89 bits per heavy atom. The summed E-state index contributed by atoms with van der Waals surface area (Å²) in [5, 5.41) is 4.44. The van der Waals surface area contributed by atoms with E-state index in [1.807, 2.05) is 6.07 Å². The van der Waals surface area contributed by atoms with Crippen LogP contribution in [0.4, 0.5) is 0 Å². The van der Waals surface area contributed by atoms with Gasteiger partial charge in [-0.2, -0.15) is 0 Å². The molecule has 1 aliphatic rings. The number of nitrogens with zero attached hydrogens (tertiary/aromatic N) is 1. The van der Waals surface area contributed by atoms with E-state index < -0.39 is 0 Å². The van der Waals surface area contributed by atoms with Gasteiger partial charge >= 0.3 is 0 Å². The second-order valence-corrected chi connectivity index (χ2v) is 5.54. The number of rotatable bonds is 6. The maximum atomic E-state index is 10.6. The lowest BCUT2D eigenvalue weighted by molar-refractivity contribution is -0.118. The highest BCUT2D eigenvalue weighted by molar-refractivity contribution is 8.14. The molecule has 0 spiro atoms. The van der Waals surface area contributed by atoms with Crippen molar-refractivity contribution in [1.29, 1.82) is 0 Å². The van der Waals surface area contributed by atoms with Gasteiger partial charge in [-0.3, -0.25) is 9.79 Å². The number of thioether (sulfide) groups is 1. The van der Waals surface area contributed by atoms with Gasteiger partial charge in [-0.05, 0) is 18.4 Å². The summed E-state index contributed by atoms with van der Waals surface area (Å²) < 4.78 is 0. The number of carbonyl (C=O) groups excluding carboxylic acids is 1.